The quantitative estimate of drug-likeness (QED) is 0.723. The molecule has 0 amide bonds. The molecule has 0 bridgehead atoms. The van der Waals surface area contributed by atoms with E-state index in [1.165, 1.54) is 0 Å². The number of hydrogen-bond acceptors (Lipinski definition) is 1. The average Bonchev–Trinajstić information content (AvgIpc) is 2.15. The molecular weight excluding hydrogens is 262 g/mol. The zero-order valence-corrected chi connectivity index (χ0v) is 10.2. The Labute approximate surface area is 102 Å². The van der Waals surface area contributed by atoms with Crippen molar-refractivity contribution in [1.29, 1.82) is 0 Å². The van der Waals surface area contributed by atoms with Gasteiger partial charge in [-0.3, -0.25) is 4.98 Å². The third kappa shape index (κ3) is 3.01. The Bertz CT molecular complexity index is 377. The van der Waals surface area contributed by atoms with Crippen LogP contribution in [0.15, 0.2) is 12.3 Å². The summed E-state index contributed by atoms with van der Waals surface area (Å²) in [5.41, 5.74) is -0.465. The van der Waals surface area contributed by atoms with Crippen molar-refractivity contribution in [2.24, 2.45) is 0 Å². The highest BCUT2D eigenvalue weighted by Gasteiger charge is 2.32. The van der Waals surface area contributed by atoms with Crippen LogP contribution < -0.4 is 0 Å². The molecule has 90 valence electrons. The van der Waals surface area contributed by atoms with Crippen molar-refractivity contribution < 1.29 is 13.2 Å². The van der Waals surface area contributed by atoms with E-state index in [1.54, 1.807) is 13.8 Å². The van der Waals surface area contributed by atoms with Gasteiger partial charge in [0, 0.05) is 17.5 Å². The van der Waals surface area contributed by atoms with Crippen LogP contribution in [0.25, 0.3) is 0 Å². The van der Waals surface area contributed by atoms with Gasteiger partial charge < -0.3 is 0 Å². The van der Waals surface area contributed by atoms with Gasteiger partial charge >= 0.3 is 6.18 Å². The van der Waals surface area contributed by atoms with Gasteiger partial charge in [-0.2, -0.15) is 13.2 Å². The first kappa shape index (κ1) is 13.6. The van der Waals surface area contributed by atoms with Crippen LogP contribution in [0.4, 0.5) is 13.2 Å². The van der Waals surface area contributed by atoms with Crippen molar-refractivity contribution in [3.05, 3.63) is 28.5 Å². The average molecular weight is 272 g/mol. The molecule has 1 aromatic rings. The number of rotatable bonds is 2. The zero-order valence-electron chi connectivity index (χ0n) is 8.65. The highest BCUT2D eigenvalue weighted by molar-refractivity contribution is 6.31. The van der Waals surface area contributed by atoms with Gasteiger partial charge in [0.2, 0.25) is 0 Å². The van der Waals surface area contributed by atoms with Gasteiger partial charge in [0.05, 0.1) is 16.3 Å². The summed E-state index contributed by atoms with van der Waals surface area (Å²) < 4.78 is 37.0. The summed E-state index contributed by atoms with van der Waals surface area (Å²) in [5, 5.41) is -0.253. The van der Waals surface area contributed by atoms with Gasteiger partial charge in [0.25, 0.3) is 0 Å². The Morgan fingerprint density at radius 1 is 1.31 bits per heavy atom. The van der Waals surface area contributed by atoms with Crippen molar-refractivity contribution in [3.8, 4) is 0 Å². The molecule has 0 aliphatic carbocycles. The molecule has 16 heavy (non-hydrogen) atoms. The van der Waals surface area contributed by atoms with Gasteiger partial charge in [-0.1, -0.05) is 18.5 Å². The monoisotopic (exact) mass is 271 g/mol. The predicted octanol–water partition coefficient (Wildman–Crippen LogP) is 4.48. The highest BCUT2D eigenvalue weighted by Crippen LogP contribution is 2.34. The largest absolute Gasteiger partial charge is 0.417 e. The molecule has 1 rings (SSSR count). The summed E-state index contributed by atoms with van der Waals surface area (Å²) in [6.45, 7) is 3.50. The van der Waals surface area contributed by atoms with Crippen molar-refractivity contribution in [2.75, 3.05) is 0 Å². The summed E-state index contributed by atoms with van der Waals surface area (Å²) in [4.78, 5) is 3.73. The lowest BCUT2D eigenvalue weighted by atomic mass is 10.0. The van der Waals surface area contributed by atoms with Gasteiger partial charge in [-0.15, -0.1) is 11.6 Å². The topological polar surface area (TPSA) is 12.9 Å². The molecule has 2 atom stereocenters. The molecule has 0 fully saturated rings. The third-order valence-corrected chi connectivity index (χ3v) is 3.00. The Morgan fingerprint density at radius 3 is 2.25 bits per heavy atom. The molecular formula is C10H10Cl2F3N. The maximum absolute atomic E-state index is 12.3. The summed E-state index contributed by atoms with van der Waals surface area (Å²) in [7, 11) is 0. The fraction of sp³-hybridized carbons (Fsp3) is 0.500. The molecule has 0 radical (unpaired) electrons. The third-order valence-electron chi connectivity index (χ3n) is 2.32. The van der Waals surface area contributed by atoms with Crippen LogP contribution in [0, 0.1) is 0 Å². The van der Waals surface area contributed by atoms with Crippen LogP contribution in [-0.2, 0) is 6.18 Å². The fourth-order valence-electron chi connectivity index (χ4n) is 1.16. The van der Waals surface area contributed by atoms with Gasteiger partial charge in [-0.25, -0.2) is 0 Å². The standard InChI is InChI=1S/C10H10Cl2F3N/c1-5(6(2)11)9-8(12)3-7(4-16-9)10(13,14)15/h3-6H,1-2H3. The second-order valence-electron chi connectivity index (χ2n) is 3.56. The molecule has 0 aliphatic heterocycles. The molecule has 0 aromatic carbocycles. The number of aromatic nitrogens is 1. The van der Waals surface area contributed by atoms with Gasteiger partial charge in [-0.05, 0) is 13.0 Å². The van der Waals surface area contributed by atoms with Crippen LogP contribution in [-0.4, -0.2) is 10.4 Å². The molecule has 0 N–H and O–H groups in total. The van der Waals surface area contributed by atoms with E-state index in [4.69, 9.17) is 23.2 Å². The molecule has 0 spiro atoms. The fourth-order valence-corrected chi connectivity index (χ4v) is 1.61. The molecule has 1 aromatic heterocycles. The molecule has 2 unspecified atom stereocenters. The van der Waals surface area contributed by atoms with E-state index in [-0.39, 0.29) is 16.3 Å². The van der Waals surface area contributed by atoms with Gasteiger partial charge in [0.1, 0.15) is 0 Å². The van der Waals surface area contributed by atoms with Crippen LogP contribution in [0.5, 0.6) is 0 Å². The van der Waals surface area contributed by atoms with Crippen molar-refractivity contribution in [2.45, 2.75) is 31.3 Å². The lowest BCUT2D eigenvalue weighted by Gasteiger charge is -2.16. The van der Waals surface area contributed by atoms with E-state index in [9.17, 15) is 13.2 Å². The van der Waals surface area contributed by atoms with Crippen molar-refractivity contribution >= 4 is 23.2 Å². The van der Waals surface area contributed by atoms with Crippen LogP contribution in [0.2, 0.25) is 5.02 Å². The van der Waals surface area contributed by atoms with E-state index in [0.717, 1.165) is 12.3 Å². The van der Waals surface area contributed by atoms with E-state index >= 15 is 0 Å². The summed E-state index contributed by atoms with van der Waals surface area (Å²) in [6, 6.07) is 0.875. The number of alkyl halides is 4. The Kier molecular flexibility index (Phi) is 4.07. The minimum Gasteiger partial charge on any atom is -0.259 e. The molecule has 1 nitrogen and oxygen atoms in total. The molecule has 1 heterocycles. The molecule has 6 heteroatoms. The second-order valence-corrected chi connectivity index (χ2v) is 4.65. The van der Waals surface area contributed by atoms with E-state index < -0.39 is 11.7 Å². The van der Waals surface area contributed by atoms with Crippen molar-refractivity contribution in [1.82, 2.24) is 4.98 Å². The highest BCUT2D eigenvalue weighted by atomic mass is 35.5. The lowest BCUT2D eigenvalue weighted by Crippen LogP contribution is -2.11. The van der Waals surface area contributed by atoms with E-state index in [0.29, 0.717) is 5.69 Å². The van der Waals surface area contributed by atoms with Crippen LogP contribution >= 0.6 is 23.2 Å². The first-order valence-corrected chi connectivity index (χ1v) is 5.41. The smallest absolute Gasteiger partial charge is 0.259 e. The molecule has 0 saturated heterocycles. The number of hydrogen-bond donors (Lipinski definition) is 0. The summed E-state index contributed by atoms with van der Waals surface area (Å²) >= 11 is 11.6. The van der Waals surface area contributed by atoms with Crippen LogP contribution in [0.1, 0.15) is 31.0 Å². The van der Waals surface area contributed by atoms with E-state index in [2.05, 4.69) is 4.98 Å². The maximum Gasteiger partial charge on any atom is 0.417 e. The summed E-state index contributed by atoms with van der Waals surface area (Å²) in [5.74, 6) is -0.198. The predicted molar refractivity (Wildman–Crippen MR) is 58.0 cm³/mol. The first-order valence-electron chi connectivity index (χ1n) is 4.60. The molecule has 0 saturated carbocycles. The van der Waals surface area contributed by atoms with Crippen molar-refractivity contribution in [3.63, 3.8) is 0 Å². The maximum atomic E-state index is 12.3. The zero-order chi connectivity index (χ0) is 12.5. The molecule has 0 aliphatic rings. The Balaban J connectivity index is 3.10. The second kappa shape index (κ2) is 4.80. The SMILES string of the molecule is CC(Cl)C(C)c1ncc(C(F)(F)F)cc1Cl. The van der Waals surface area contributed by atoms with Gasteiger partial charge in [0.15, 0.2) is 0 Å². The number of halogens is 5. The minimum absolute atomic E-state index is 0.00479. The number of pyridine rings is 1. The Morgan fingerprint density at radius 2 is 1.88 bits per heavy atom. The van der Waals surface area contributed by atoms with E-state index in [1.807, 2.05) is 0 Å². The summed E-state index contributed by atoms with van der Waals surface area (Å²) in [6.07, 6.45) is -3.65. The normalized spacial score (nSPS) is 15.9. The minimum atomic E-state index is -4.43. The Hall–Kier alpha value is -0.480. The number of nitrogens with zero attached hydrogens (tertiary/aromatic N) is 1. The van der Waals surface area contributed by atoms with Crippen LogP contribution in [0.3, 0.4) is 0 Å². The first-order chi connectivity index (χ1) is 7.23. The lowest BCUT2D eigenvalue weighted by molar-refractivity contribution is -0.137.